The zero-order valence-corrected chi connectivity index (χ0v) is 21.1. The summed E-state index contributed by atoms with van der Waals surface area (Å²) in [6.07, 6.45) is -7.69. The maximum atomic E-state index is 14.8. The molecule has 1 amide bonds. The summed E-state index contributed by atoms with van der Waals surface area (Å²) in [5, 5.41) is 21.3. The van der Waals surface area contributed by atoms with E-state index in [1.54, 1.807) is 0 Å². The number of aliphatic hydroxyl groups is 1. The van der Waals surface area contributed by atoms with E-state index in [2.05, 4.69) is 20.5 Å². The Morgan fingerprint density at radius 2 is 1.68 bits per heavy atom. The highest BCUT2D eigenvalue weighted by Gasteiger charge is 2.45. The first-order valence-electron chi connectivity index (χ1n) is 11.7. The van der Waals surface area contributed by atoms with Crippen molar-refractivity contribution in [3.8, 4) is 5.69 Å². The molecule has 8 nitrogen and oxygen atoms in total. The van der Waals surface area contributed by atoms with Crippen molar-refractivity contribution in [1.82, 2.24) is 29.9 Å². The lowest BCUT2D eigenvalue weighted by Crippen LogP contribution is -2.52. The molecule has 2 aromatic heterocycles. The highest BCUT2D eigenvalue weighted by atomic mass is 19.4. The van der Waals surface area contributed by atoms with Crippen LogP contribution in [-0.4, -0.2) is 41.6 Å². The minimum Gasteiger partial charge on any atom is -0.381 e. The summed E-state index contributed by atoms with van der Waals surface area (Å²) < 4.78 is 111. The number of hydrogen-bond acceptors (Lipinski definition) is 5. The first kappa shape index (κ1) is 29.6. The van der Waals surface area contributed by atoms with Crippen LogP contribution in [0.4, 0.5) is 35.1 Å². The molecule has 0 fully saturated rings. The molecule has 2 atom stereocenters. The van der Waals surface area contributed by atoms with Crippen LogP contribution in [0.15, 0.2) is 55.1 Å². The Morgan fingerprint density at radius 3 is 2.22 bits per heavy atom. The van der Waals surface area contributed by atoms with E-state index in [0.717, 1.165) is 48.5 Å². The minimum absolute atomic E-state index is 0.288. The molecule has 0 radical (unpaired) electrons. The fourth-order valence-electron chi connectivity index (χ4n) is 4.28. The van der Waals surface area contributed by atoms with Crippen LogP contribution in [0.5, 0.6) is 0 Å². The molecule has 0 saturated heterocycles. The Hall–Kier alpha value is -4.34. The van der Waals surface area contributed by atoms with E-state index < -0.39 is 81.8 Å². The van der Waals surface area contributed by atoms with Crippen molar-refractivity contribution in [2.24, 2.45) is 0 Å². The van der Waals surface area contributed by atoms with Gasteiger partial charge >= 0.3 is 12.4 Å². The van der Waals surface area contributed by atoms with Gasteiger partial charge in [-0.1, -0.05) is 6.07 Å². The molecule has 2 aromatic carbocycles. The van der Waals surface area contributed by atoms with Crippen LogP contribution in [0.2, 0.25) is 0 Å². The third kappa shape index (κ3) is 5.91. The summed E-state index contributed by atoms with van der Waals surface area (Å²) >= 11 is 0. The number of aryl methyl sites for hydroxylation is 1. The summed E-state index contributed by atoms with van der Waals surface area (Å²) in [5.41, 5.74) is -7.39. The quantitative estimate of drug-likeness (QED) is 0.303. The molecule has 0 saturated carbocycles. The van der Waals surface area contributed by atoms with E-state index in [4.69, 9.17) is 0 Å². The van der Waals surface area contributed by atoms with Crippen LogP contribution >= 0.6 is 0 Å². The second-order valence-corrected chi connectivity index (χ2v) is 9.10. The number of benzene rings is 2. The number of alkyl halides is 6. The van der Waals surface area contributed by atoms with Crippen LogP contribution in [0.25, 0.3) is 5.69 Å². The van der Waals surface area contributed by atoms with Gasteiger partial charge in [-0.3, -0.25) is 4.79 Å². The van der Waals surface area contributed by atoms with Crippen LogP contribution in [0, 0.1) is 18.6 Å². The number of halogens is 8. The molecule has 0 aliphatic rings. The van der Waals surface area contributed by atoms with Crippen LogP contribution in [0.3, 0.4) is 0 Å². The molecule has 4 aromatic rings. The zero-order chi connectivity index (χ0) is 30.3. The van der Waals surface area contributed by atoms with E-state index in [1.807, 2.05) is 0 Å². The summed E-state index contributed by atoms with van der Waals surface area (Å²) in [6, 6.07) is 3.39. The maximum Gasteiger partial charge on any atom is 0.434 e. The highest BCUT2D eigenvalue weighted by molar-refractivity contribution is 5.97. The molecule has 4 rings (SSSR count). The van der Waals surface area contributed by atoms with Gasteiger partial charge in [0.25, 0.3) is 5.91 Å². The lowest BCUT2D eigenvalue weighted by atomic mass is 9.86. The van der Waals surface area contributed by atoms with Crippen molar-refractivity contribution in [3.05, 3.63) is 94.8 Å². The molecule has 0 spiro atoms. The Morgan fingerprint density at radius 1 is 1.02 bits per heavy atom. The number of rotatable bonds is 7. The first-order chi connectivity index (χ1) is 19.0. The van der Waals surface area contributed by atoms with E-state index >= 15 is 0 Å². The molecule has 0 aliphatic heterocycles. The SMILES string of the molecule is Cc1nn(-c2ccc(C(F)(F)F)cc2)c(C(F)(F)F)c1C(=O)N[C@H](C)[C@](O)(Cn1cncn1)c1ccc(F)cc1F. The van der Waals surface area contributed by atoms with E-state index in [0.29, 0.717) is 18.2 Å². The second-order valence-electron chi connectivity index (χ2n) is 9.10. The van der Waals surface area contributed by atoms with Gasteiger partial charge in [-0.2, -0.15) is 36.5 Å². The fourth-order valence-corrected chi connectivity index (χ4v) is 4.28. The van der Waals surface area contributed by atoms with Gasteiger partial charge in [-0.25, -0.2) is 23.1 Å². The lowest BCUT2D eigenvalue weighted by molar-refractivity contribution is -0.143. The molecular weight excluding hydrogens is 568 g/mol. The Labute approximate surface area is 226 Å². The van der Waals surface area contributed by atoms with Gasteiger partial charge in [0.05, 0.1) is 35.1 Å². The van der Waals surface area contributed by atoms with Gasteiger partial charge in [0.15, 0.2) is 5.69 Å². The van der Waals surface area contributed by atoms with E-state index in [-0.39, 0.29) is 4.68 Å². The van der Waals surface area contributed by atoms with Gasteiger partial charge in [0.2, 0.25) is 0 Å². The van der Waals surface area contributed by atoms with Crippen molar-refractivity contribution in [1.29, 1.82) is 0 Å². The van der Waals surface area contributed by atoms with Gasteiger partial charge in [-0.05, 0) is 44.2 Å². The average Bonchev–Trinajstić information content (AvgIpc) is 3.50. The van der Waals surface area contributed by atoms with Gasteiger partial charge in [0.1, 0.15) is 29.9 Å². The van der Waals surface area contributed by atoms with Crippen molar-refractivity contribution in [3.63, 3.8) is 0 Å². The largest absolute Gasteiger partial charge is 0.434 e. The van der Waals surface area contributed by atoms with Crippen molar-refractivity contribution >= 4 is 5.91 Å². The molecule has 218 valence electrons. The molecule has 2 heterocycles. The number of amides is 1. The summed E-state index contributed by atoms with van der Waals surface area (Å²) in [6.45, 7) is 1.71. The van der Waals surface area contributed by atoms with Crippen LogP contribution in [0.1, 0.15) is 39.8 Å². The number of carbonyl (C=O) groups excluding carboxylic acids is 1. The normalized spacial score (nSPS) is 14.5. The van der Waals surface area contributed by atoms with E-state index in [1.165, 1.54) is 6.92 Å². The van der Waals surface area contributed by atoms with E-state index in [9.17, 15) is 45.0 Å². The lowest BCUT2D eigenvalue weighted by Gasteiger charge is -2.35. The topological polar surface area (TPSA) is 97.9 Å². The Bertz CT molecular complexity index is 1550. The Balaban J connectivity index is 1.75. The molecule has 0 aliphatic carbocycles. The Kier molecular flexibility index (Phi) is 7.64. The van der Waals surface area contributed by atoms with Gasteiger partial charge in [0, 0.05) is 11.6 Å². The average molecular weight is 588 g/mol. The highest BCUT2D eigenvalue weighted by Crippen LogP contribution is 2.37. The monoisotopic (exact) mass is 588 g/mol. The molecular formula is C25H20F8N6O2. The molecule has 41 heavy (non-hydrogen) atoms. The third-order valence-corrected chi connectivity index (χ3v) is 6.33. The fraction of sp³-hybridized carbons (Fsp3) is 0.280. The second kappa shape index (κ2) is 10.6. The first-order valence-corrected chi connectivity index (χ1v) is 11.7. The predicted molar refractivity (Wildman–Crippen MR) is 126 cm³/mol. The number of aromatic nitrogens is 5. The summed E-state index contributed by atoms with van der Waals surface area (Å²) in [4.78, 5) is 17.0. The van der Waals surface area contributed by atoms with Gasteiger partial charge < -0.3 is 10.4 Å². The number of nitrogens with zero attached hydrogens (tertiary/aromatic N) is 5. The summed E-state index contributed by atoms with van der Waals surface area (Å²) in [5.74, 6) is -3.54. The van der Waals surface area contributed by atoms with Crippen LogP contribution < -0.4 is 5.32 Å². The number of carbonyl (C=O) groups is 1. The number of nitrogens with one attached hydrogen (secondary N) is 1. The zero-order valence-electron chi connectivity index (χ0n) is 21.1. The standard InChI is InChI=1S/C25H20F8N6O2/c1-13-20(21(25(31,32)33)39(37-13)17-6-3-15(4-7-17)24(28,29)30)22(40)36-14(2)23(41,10-38-12-34-11-35-38)18-8-5-16(26)9-19(18)27/h3-9,11-12,14,41H,10H2,1-2H3,(H,36,40)/t14-,23-/m1/s1. The van der Waals surface area contributed by atoms with Crippen molar-refractivity contribution in [2.75, 3.05) is 0 Å². The van der Waals surface area contributed by atoms with Crippen LogP contribution in [-0.2, 0) is 24.5 Å². The molecule has 0 unspecified atom stereocenters. The third-order valence-electron chi connectivity index (χ3n) is 6.33. The maximum absolute atomic E-state index is 14.8. The molecule has 2 N–H and O–H groups in total. The summed E-state index contributed by atoms with van der Waals surface area (Å²) in [7, 11) is 0. The minimum atomic E-state index is -5.21. The van der Waals surface area contributed by atoms with Crippen molar-refractivity contribution in [2.45, 2.75) is 44.4 Å². The molecule has 16 heteroatoms. The molecule has 0 bridgehead atoms. The smallest absolute Gasteiger partial charge is 0.381 e. The predicted octanol–water partition coefficient (Wildman–Crippen LogP) is 4.79. The van der Waals surface area contributed by atoms with Gasteiger partial charge in [-0.15, -0.1) is 0 Å². The number of hydrogen-bond donors (Lipinski definition) is 2. The van der Waals surface area contributed by atoms with Crippen molar-refractivity contribution < 1.29 is 45.0 Å².